The fourth-order valence-electron chi connectivity index (χ4n) is 1.77. The van der Waals surface area contributed by atoms with Gasteiger partial charge in [0.15, 0.2) is 5.16 Å². The minimum Gasteiger partial charge on any atom is -0.398 e. The molecule has 2 rings (SSSR count). The molecule has 0 radical (unpaired) electrons. The molecule has 20 heavy (non-hydrogen) atoms. The van der Waals surface area contributed by atoms with Crippen LogP contribution < -0.4 is 11.3 Å². The van der Waals surface area contributed by atoms with Crippen LogP contribution in [-0.2, 0) is 12.2 Å². The fraction of sp³-hybridized carbons (Fsp3) is 0.286. The molecule has 0 amide bonds. The van der Waals surface area contributed by atoms with Crippen molar-refractivity contribution in [2.24, 2.45) is 0 Å². The molecular formula is C14H16BrN3OS. The molecule has 1 heterocycles. The number of aromatic amines is 1. The van der Waals surface area contributed by atoms with Crippen LogP contribution in [-0.4, -0.2) is 9.97 Å². The van der Waals surface area contributed by atoms with E-state index in [1.807, 2.05) is 18.2 Å². The number of halogens is 1. The summed E-state index contributed by atoms with van der Waals surface area (Å²) in [4.78, 5) is 18.8. The van der Waals surface area contributed by atoms with Crippen LogP contribution >= 0.6 is 27.7 Å². The third kappa shape index (κ3) is 4.11. The molecule has 1 aromatic carbocycles. The Kier molecular flexibility index (Phi) is 5.25. The number of hydrogen-bond donors (Lipinski definition) is 2. The van der Waals surface area contributed by atoms with Gasteiger partial charge in [0.05, 0.1) is 0 Å². The highest BCUT2D eigenvalue weighted by atomic mass is 79.9. The van der Waals surface area contributed by atoms with E-state index < -0.39 is 0 Å². The number of benzene rings is 1. The maximum absolute atomic E-state index is 11.6. The normalized spacial score (nSPS) is 10.7. The average molecular weight is 354 g/mol. The van der Waals surface area contributed by atoms with Gasteiger partial charge in [0.25, 0.3) is 5.56 Å². The van der Waals surface area contributed by atoms with Gasteiger partial charge in [-0.3, -0.25) is 4.79 Å². The van der Waals surface area contributed by atoms with Crippen LogP contribution in [0, 0.1) is 0 Å². The molecule has 0 fully saturated rings. The second kappa shape index (κ2) is 6.95. The zero-order valence-corrected chi connectivity index (χ0v) is 13.6. The van der Waals surface area contributed by atoms with E-state index in [0.717, 1.165) is 34.3 Å². The van der Waals surface area contributed by atoms with Crippen molar-refractivity contribution >= 4 is 33.4 Å². The molecule has 0 aliphatic carbocycles. The number of nitrogens with two attached hydrogens (primary N) is 1. The second-order valence-corrected chi connectivity index (χ2v) is 6.25. The Morgan fingerprint density at radius 3 is 2.90 bits per heavy atom. The smallest absolute Gasteiger partial charge is 0.251 e. The lowest BCUT2D eigenvalue weighted by molar-refractivity contribution is 0.816. The molecule has 3 N–H and O–H groups in total. The van der Waals surface area contributed by atoms with Gasteiger partial charge in [-0.05, 0) is 40.0 Å². The van der Waals surface area contributed by atoms with Crippen molar-refractivity contribution in [3.8, 4) is 0 Å². The van der Waals surface area contributed by atoms with E-state index in [9.17, 15) is 4.79 Å². The zero-order chi connectivity index (χ0) is 14.5. The molecule has 0 bridgehead atoms. The third-order valence-electron chi connectivity index (χ3n) is 2.72. The Labute approximate surface area is 130 Å². The maximum Gasteiger partial charge on any atom is 0.251 e. The highest BCUT2D eigenvalue weighted by Gasteiger charge is 2.04. The largest absolute Gasteiger partial charge is 0.398 e. The molecule has 2 aromatic rings. The molecule has 0 saturated carbocycles. The van der Waals surface area contributed by atoms with E-state index in [4.69, 9.17) is 5.73 Å². The van der Waals surface area contributed by atoms with Crippen LogP contribution in [0.1, 0.15) is 24.6 Å². The molecule has 0 atom stereocenters. The van der Waals surface area contributed by atoms with Gasteiger partial charge < -0.3 is 10.7 Å². The van der Waals surface area contributed by atoms with E-state index in [1.54, 1.807) is 6.07 Å². The average Bonchev–Trinajstić information content (AvgIpc) is 2.40. The Bertz CT molecular complexity index is 657. The molecule has 0 saturated heterocycles. The summed E-state index contributed by atoms with van der Waals surface area (Å²) in [6.45, 7) is 2.07. The van der Waals surface area contributed by atoms with Crippen LogP contribution in [0.5, 0.6) is 0 Å². The zero-order valence-electron chi connectivity index (χ0n) is 11.1. The first-order chi connectivity index (χ1) is 9.58. The number of anilines is 1. The summed E-state index contributed by atoms with van der Waals surface area (Å²) in [7, 11) is 0. The van der Waals surface area contributed by atoms with Gasteiger partial charge in [0.2, 0.25) is 0 Å². The van der Waals surface area contributed by atoms with Gasteiger partial charge in [-0.15, -0.1) is 0 Å². The predicted molar refractivity (Wildman–Crippen MR) is 87.0 cm³/mol. The molecule has 0 aliphatic rings. The van der Waals surface area contributed by atoms with Crippen LogP contribution in [0.2, 0.25) is 0 Å². The van der Waals surface area contributed by atoms with E-state index in [0.29, 0.717) is 10.8 Å². The van der Waals surface area contributed by atoms with Gasteiger partial charge >= 0.3 is 0 Å². The number of nitrogens with one attached hydrogen (secondary N) is 1. The van der Waals surface area contributed by atoms with Gasteiger partial charge in [0.1, 0.15) is 0 Å². The molecular weight excluding hydrogens is 338 g/mol. The highest BCUT2D eigenvalue weighted by molar-refractivity contribution is 9.10. The number of thioether (sulfide) groups is 1. The van der Waals surface area contributed by atoms with Gasteiger partial charge in [-0.2, -0.15) is 0 Å². The van der Waals surface area contributed by atoms with Crippen molar-refractivity contribution in [3.63, 3.8) is 0 Å². The minimum atomic E-state index is -0.0960. The molecule has 6 heteroatoms. The van der Waals surface area contributed by atoms with Gasteiger partial charge in [-0.25, -0.2) is 4.98 Å². The summed E-state index contributed by atoms with van der Waals surface area (Å²) in [5, 5.41) is 0.655. The van der Waals surface area contributed by atoms with Gasteiger partial charge in [-0.1, -0.05) is 31.2 Å². The Balaban J connectivity index is 2.10. The number of nitrogens with zero attached hydrogens (tertiary/aromatic N) is 1. The first-order valence-electron chi connectivity index (χ1n) is 6.35. The van der Waals surface area contributed by atoms with Crippen LogP contribution in [0.4, 0.5) is 5.69 Å². The molecule has 4 nitrogen and oxygen atoms in total. The fourth-order valence-corrected chi connectivity index (χ4v) is 2.85. The second-order valence-electron chi connectivity index (χ2n) is 4.44. The standard InChI is InChI=1S/C14H16BrN3OS/c1-2-3-10-7-13(19)18-14(17-10)20-8-9-4-5-11(15)12(16)6-9/h4-7H,2-3,8,16H2,1H3,(H,17,18,19). The van der Waals surface area contributed by atoms with E-state index in [1.165, 1.54) is 11.8 Å². The van der Waals surface area contributed by atoms with E-state index in [2.05, 4.69) is 32.8 Å². The first-order valence-corrected chi connectivity index (χ1v) is 8.13. The summed E-state index contributed by atoms with van der Waals surface area (Å²) in [6.07, 6.45) is 1.80. The predicted octanol–water partition coefficient (Wildman–Crippen LogP) is 3.36. The quantitative estimate of drug-likeness (QED) is 0.491. The van der Waals surface area contributed by atoms with Crippen LogP contribution in [0.25, 0.3) is 0 Å². The SMILES string of the molecule is CCCc1cc(=O)[nH]c(SCc2ccc(Br)c(N)c2)n1. The summed E-state index contributed by atoms with van der Waals surface area (Å²) >= 11 is 4.87. The van der Waals surface area contributed by atoms with Crippen molar-refractivity contribution in [1.29, 1.82) is 0 Å². The molecule has 0 spiro atoms. The van der Waals surface area contributed by atoms with E-state index >= 15 is 0 Å². The number of H-pyrrole nitrogens is 1. The highest BCUT2D eigenvalue weighted by Crippen LogP contribution is 2.24. The monoisotopic (exact) mass is 353 g/mol. The van der Waals surface area contributed by atoms with Crippen LogP contribution in [0.15, 0.2) is 38.7 Å². The number of hydrogen-bond acceptors (Lipinski definition) is 4. The summed E-state index contributed by atoms with van der Waals surface area (Å²) in [5.41, 5.74) is 8.40. The lowest BCUT2D eigenvalue weighted by atomic mass is 10.2. The molecule has 0 unspecified atom stereocenters. The lowest BCUT2D eigenvalue weighted by Crippen LogP contribution is -2.09. The molecule has 0 aliphatic heterocycles. The number of aryl methyl sites for hydroxylation is 1. The minimum absolute atomic E-state index is 0.0960. The van der Waals surface area contributed by atoms with Crippen molar-refractivity contribution < 1.29 is 0 Å². The third-order valence-corrected chi connectivity index (χ3v) is 4.38. The van der Waals surface area contributed by atoms with Crippen molar-refractivity contribution in [2.75, 3.05) is 5.73 Å². The van der Waals surface area contributed by atoms with E-state index in [-0.39, 0.29) is 5.56 Å². The number of rotatable bonds is 5. The summed E-state index contributed by atoms with van der Waals surface area (Å²) < 4.78 is 0.891. The Morgan fingerprint density at radius 1 is 1.40 bits per heavy atom. The topological polar surface area (TPSA) is 71.8 Å². The van der Waals surface area contributed by atoms with Crippen LogP contribution in [0.3, 0.4) is 0 Å². The Hall–Kier alpha value is -1.27. The first kappa shape index (κ1) is 15.1. The van der Waals surface area contributed by atoms with Crippen molar-refractivity contribution in [1.82, 2.24) is 9.97 Å². The summed E-state index contributed by atoms with van der Waals surface area (Å²) in [6, 6.07) is 7.41. The molecule has 106 valence electrons. The number of nitrogen functional groups attached to an aromatic ring is 1. The van der Waals surface area contributed by atoms with Crippen molar-refractivity contribution in [3.05, 3.63) is 50.3 Å². The Morgan fingerprint density at radius 2 is 2.20 bits per heavy atom. The summed E-state index contributed by atoms with van der Waals surface area (Å²) in [5.74, 6) is 0.718. The number of aromatic nitrogens is 2. The van der Waals surface area contributed by atoms with Gasteiger partial charge in [0, 0.05) is 27.7 Å². The lowest BCUT2D eigenvalue weighted by Gasteiger charge is -2.05. The maximum atomic E-state index is 11.6. The molecule has 1 aromatic heterocycles. The van der Waals surface area contributed by atoms with Crippen molar-refractivity contribution in [2.45, 2.75) is 30.7 Å².